The van der Waals surface area contributed by atoms with Crippen LogP contribution >= 0.6 is 12.4 Å². The van der Waals surface area contributed by atoms with Crippen LogP contribution in [0, 0.1) is 6.92 Å². The van der Waals surface area contributed by atoms with E-state index in [1.165, 1.54) is 10.2 Å². The second-order valence-corrected chi connectivity index (χ2v) is 9.03. The van der Waals surface area contributed by atoms with Gasteiger partial charge in [0.2, 0.25) is 0 Å². The molecule has 0 unspecified atom stereocenters. The third-order valence-corrected chi connectivity index (χ3v) is 6.78. The Morgan fingerprint density at radius 2 is 1.94 bits per heavy atom. The topological polar surface area (TPSA) is 85.2 Å². The van der Waals surface area contributed by atoms with Crippen LogP contribution in [0.15, 0.2) is 72.0 Å². The van der Waals surface area contributed by atoms with Crippen molar-refractivity contribution >= 4 is 44.7 Å². The summed E-state index contributed by atoms with van der Waals surface area (Å²) in [6.07, 6.45) is 4.59. The van der Waals surface area contributed by atoms with E-state index in [2.05, 4.69) is 15.6 Å². The van der Waals surface area contributed by atoms with Crippen LogP contribution in [-0.2, 0) is 16.6 Å². The Morgan fingerprint density at radius 1 is 1.12 bits per heavy atom. The van der Waals surface area contributed by atoms with Crippen LogP contribution in [-0.4, -0.2) is 31.5 Å². The maximum atomic E-state index is 13.3. The number of rotatable bonds is 7. The molecule has 0 saturated carbocycles. The van der Waals surface area contributed by atoms with Gasteiger partial charge < -0.3 is 15.4 Å². The molecule has 0 amide bonds. The minimum atomic E-state index is -3.79. The lowest BCUT2D eigenvalue weighted by atomic mass is 10.1. The van der Waals surface area contributed by atoms with Gasteiger partial charge in [-0.15, -0.1) is 12.4 Å². The minimum Gasteiger partial charge on any atom is -0.497 e. The summed E-state index contributed by atoms with van der Waals surface area (Å²) in [5.41, 5.74) is 4.23. The second kappa shape index (κ2) is 9.60. The van der Waals surface area contributed by atoms with Crippen molar-refractivity contribution in [2.45, 2.75) is 18.4 Å². The molecule has 7 nitrogen and oxygen atoms in total. The molecule has 0 aliphatic heterocycles. The number of anilines is 2. The Balaban J connectivity index is 0.00000289. The van der Waals surface area contributed by atoms with E-state index in [4.69, 9.17) is 4.74 Å². The van der Waals surface area contributed by atoms with Gasteiger partial charge >= 0.3 is 0 Å². The highest BCUT2D eigenvalue weighted by molar-refractivity contribution is 7.90. The van der Waals surface area contributed by atoms with Gasteiger partial charge in [-0.05, 0) is 67.6 Å². The lowest BCUT2D eigenvalue weighted by Gasteiger charge is -2.12. The molecule has 4 rings (SSSR count). The van der Waals surface area contributed by atoms with Crippen molar-refractivity contribution in [3.63, 3.8) is 0 Å². The summed E-state index contributed by atoms with van der Waals surface area (Å²) in [4.78, 5) is 4.12. The number of aryl methyl sites for hydroxylation is 1. The number of ether oxygens (including phenoxy) is 1. The quantitative estimate of drug-likeness (QED) is 0.412. The van der Waals surface area contributed by atoms with Gasteiger partial charge in [-0.1, -0.05) is 6.07 Å². The van der Waals surface area contributed by atoms with Crippen molar-refractivity contribution in [1.29, 1.82) is 0 Å². The van der Waals surface area contributed by atoms with E-state index in [-0.39, 0.29) is 17.3 Å². The molecule has 0 aliphatic rings. The third-order valence-electron chi connectivity index (χ3n) is 5.13. The molecule has 2 aromatic carbocycles. The molecular formula is C23H25ClN4O3S. The normalized spacial score (nSPS) is 11.2. The zero-order valence-corrected chi connectivity index (χ0v) is 19.6. The van der Waals surface area contributed by atoms with Gasteiger partial charge in [-0.3, -0.25) is 4.98 Å². The summed E-state index contributed by atoms with van der Waals surface area (Å²) in [6.45, 7) is 2.54. The summed E-state index contributed by atoms with van der Waals surface area (Å²) in [5, 5.41) is 7.36. The highest BCUT2D eigenvalue weighted by Gasteiger charge is 2.21. The lowest BCUT2D eigenvalue weighted by molar-refractivity contribution is 0.414. The van der Waals surface area contributed by atoms with E-state index < -0.39 is 10.0 Å². The summed E-state index contributed by atoms with van der Waals surface area (Å²) < 4.78 is 33.3. The molecule has 0 aliphatic carbocycles. The predicted molar refractivity (Wildman–Crippen MR) is 130 cm³/mol. The van der Waals surface area contributed by atoms with Gasteiger partial charge in [0, 0.05) is 41.9 Å². The van der Waals surface area contributed by atoms with Crippen LogP contribution < -0.4 is 15.4 Å². The SMILES string of the molecule is CNCc1cn(S(=O)(=O)c2cccnc2)c2cc(Nc3ccc(OC)cc3C)ccc12.Cl. The predicted octanol–water partition coefficient (Wildman–Crippen LogP) is 4.48. The third kappa shape index (κ3) is 4.43. The monoisotopic (exact) mass is 472 g/mol. The van der Waals surface area contributed by atoms with E-state index in [1.54, 1.807) is 31.6 Å². The number of aromatic nitrogens is 2. The summed E-state index contributed by atoms with van der Waals surface area (Å²) >= 11 is 0. The Hall–Kier alpha value is -3.07. The summed E-state index contributed by atoms with van der Waals surface area (Å²) in [5.74, 6) is 0.784. The fraction of sp³-hybridized carbons (Fsp3) is 0.174. The summed E-state index contributed by atoms with van der Waals surface area (Å²) in [7, 11) is -0.319. The van der Waals surface area contributed by atoms with Gasteiger partial charge in [0.1, 0.15) is 10.6 Å². The van der Waals surface area contributed by atoms with Crippen LogP contribution in [0.5, 0.6) is 5.75 Å². The smallest absolute Gasteiger partial charge is 0.269 e. The van der Waals surface area contributed by atoms with E-state index >= 15 is 0 Å². The number of hydrogen-bond acceptors (Lipinski definition) is 6. The van der Waals surface area contributed by atoms with Crippen molar-refractivity contribution in [3.8, 4) is 5.75 Å². The molecule has 9 heteroatoms. The maximum Gasteiger partial charge on any atom is 0.269 e. The van der Waals surface area contributed by atoms with Gasteiger partial charge in [0.15, 0.2) is 0 Å². The molecule has 2 aromatic heterocycles. The van der Waals surface area contributed by atoms with E-state index in [0.29, 0.717) is 12.1 Å². The van der Waals surface area contributed by atoms with E-state index in [9.17, 15) is 8.42 Å². The first-order chi connectivity index (χ1) is 14.9. The Morgan fingerprint density at radius 3 is 2.59 bits per heavy atom. The number of pyridine rings is 1. The summed E-state index contributed by atoms with van der Waals surface area (Å²) in [6, 6.07) is 14.7. The number of hydrogen-bond donors (Lipinski definition) is 2. The second-order valence-electron chi connectivity index (χ2n) is 7.21. The molecule has 2 N–H and O–H groups in total. The van der Waals surface area contributed by atoms with Crippen LogP contribution in [0.3, 0.4) is 0 Å². The zero-order valence-electron chi connectivity index (χ0n) is 18.0. The van der Waals surface area contributed by atoms with Crippen molar-refractivity contribution in [2.24, 2.45) is 0 Å². The van der Waals surface area contributed by atoms with Crippen LogP contribution in [0.2, 0.25) is 0 Å². The molecule has 0 radical (unpaired) electrons. The lowest BCUT2D eigenvalue weighted by Crippen LogP contribution is -2.12. The van der Waals surface area contributed by atoms with E-state index in [0.717, 1.165) is 33.6 Å². The van der Waals surface area contributed by atoms with Gasteiger partial charge in [0.05, 0.1) is 12.6 Å². The number of methoxy groups -OCH3 is 1. The average molecular weight is 473 g/mol. The Kier molecular flexibility index (Phi) is 7.08. The molecule has 0 spiro atoms. The Labute approximate surface area is 193 Å². The zero-order chi connectivity index (χ0) is 22.0. The first kappa shape index (κ1) is 23.6. The van der Waals surface area contributed by atoms with Gasteiger partial charge in [-0.2, -0.15) is 0 Å². The first-order valence-corrected chi connectivity index (χ1v) is 11.2. The number of benzene rings is 2. The molecule has 168 valence electrons. The first-order valence-electron chi connectivity index (χ1n) is 9.80. The van der Waals surface area contributed by atoms with Crippen LogP contribution in [0.1, 0.15) is 11.1 Å². The number of nitrogens with one attached hydrogen (secondary N) is 2. The molecular weight excluding hydrogens is 448 g/mol. The van der Waals surface area contributed by atoms with Crippen molar-refractivity contribution < 1.29 is 13.2 Å². The number of fused-ring (bicyclic) bond motifs is 1. The standard InChI is InChI=1S/C23H24N4O3S.ClH/c1-16-11-19(30-3)7-9-22(16)26-18-6-8-21-17(13-24-2)15-27(23(21)12-18)31(28,29)20-5-4-10-25-14-20;/h4-12,14-15,24,26H,13H2,1-3H3;1H. The van der Waals surface area contributed by atoms with Gasteiger partial charge in [-0.25, -0.2) is 12.4 Å². The van der Waals surface area contributed by atoms with Crippen molar-refractivity contribution in [1.82, 2.24) is 14.3 Å². The molecule has 0 bridgehead atoms. The highest BCUT2D eigenvalue weighted by Crippen LogP contribution is 2.31. The molecule has 32 heavy (non-hydrogen) atoms. The van der Waals surface area contributed by atoms with Crippen molar-refractivity contribution in [2.75, 3.05) is 19.5 Å². The van der Waals surface area contributed by atoms with Crippen molar-refractivity contribution in [3.05, 3.63) is 78.2 Å². The number of halogens is 1. The molecule has 0 atom stereocenters. The maximum absolute atomic E-state index is 13.3. The fourth-order valence-corrected chi connectivity index (χ4v) is 4.89. The average Bonchev–Trinajstić information content (AvgIpc) is 3.14. The van der Waals surface area contributed by atoms with E-state index in [1.807, 2.05) is 50.4 Å². The minimum absolute atomic E-state index is 0. The molecule has 2 heterocycles. The largest absolute Gasteiger partial charge is 0.497 e. The number of nitrogens with zero attached hydrogens (tertiary/aromatic N) is 2. The fourth-order valence-electron chi connectivity index (χ4n) is 3.55. The molecule has 0 fully saturated rings. The van der Waals surface area contributed by atoms with Gasteiger partial charge in [0.25, 0.3) is 10.0 Å². The molecule has 0 saturated heterocycles. The Bertz CT molecular complexity index is 1340. The van der Waals surface area contributed by atoms with Crippen LogP contribution in [0.4, 0.5) is 11.4 Å². The van der Waals surface area contributed by atoms with Crippen LogP contribution in [0.25, 0.3) is 10.9 Å². The molecule has 4 aromatic rings. The highest BCUT2D eigenvalue weighted by atomic mass is 35.5.